The summed E-state index contributed by atoms with van der Waals surface area (Å²) in [7, 11) is 4.82. The number of fused-ring (bicyclic) bond motifs is 1. The lowest BCUT2D eigenvalue weighted by Crippen LogP contribution is -2.36. The van der Waals surface area contributed by atoms with Crippen molar-refractivity contribution in [3.8, 4) is 23.0 Å². The highest BCUT2D eigenvalue weighted by atomic mass is 16.5. The van der Waals surface area contributed by atoms with Crippen molar-refractivity contribution in [2.75, 3.05) is 34.5 Å². The van der Waals surface area contributed by atoms with Crippen molar-refractivity contribution in [2.24, 2.45) is 4.99 Å². The van der Waals surface area contributed by atoms with Crippen molar-refractivity contribution in [1.82, 2.24) is 5.32 Å². The summed E-state index contributed by atoms with van der Waals surface area (Å²) in [5.74, 6) is 2.63. The first-order valence-corrected chi connectivity index (χ1v) is 8.17. The van der Waals surface area contributed by atoms with Crippen molar-refractivity contribution >= 4 is 6.20 Å². The molecule has 0 aromatic heterocycles. The van der Waals surface area contributed by atoms with E-state index in [-0.39, 0.29) is 19.4 Å². The molecule has 2 N–H and O–H groups in total. The third-order valence-corrected chi connectivity index (χ3v) is 4.02. The van der Waals surface area contributed by atoms with E-state index in [4.69, 9.17) is 29.0 Å². The van der Waals surface area contributed by atoms with Crippen LogP contribution in [0, 0.1) is 0 Å². The molecule has 2 aromatic rings. The number of ether oxygens (including phenoxy) is 4. The Bertz CT molecular complexity index is 898. The summed E-state index contributed by atoms with van der Waals surface area (Å²) in [6.07, 6.45) is 1.56. The largest absolute Gasteiger partial charge is 0.497 e. The smallest absolute Gasteiger partial charge is 0.145 e. The number of nitrogens with zero attached hydrogens (tertiary/aromatic N) is 1. The van der Waals surface area contributed by atoms with Crippen LogP contribution in [0.3, 0.4) is 0 Å². The molecule has 0 aliphatic carbocycles. The number of aliphatic hydroxyl groups is 1. The molecule has 1 heterocycles. The van der Waals surface area contributed by atoms with Gasteiger partial charge in [0.25, 0.3) is 0 Å². The number of rotatable bonds is 7. The van der Waals surface area contributed by atoms with Gasteiger partial charge in [0.1, 0.15) is 35.8 Å². The van der Waals surface area contributed by atoms with E-state index in [0.29, 0.717) is 23.0 Å². The Hall–Kier alpha value is -2.93. The maximum absolute atomic E-state index is 8.96. The molecule has 0 bridgehead atoms. The van der Waals surface area contributed by atoms with E-state index in [1.807, 2.05) is 30.5 Å². The first kappa shape index (κ1) is 17.9. The monoisotopic (exact) mass is 358 g/mol. The maximum atomic E-state index is 8.96. The predicted molar refractivity (Wildman–Crippen MR) is 96.2 cm³/mol. The Kier molecular flexibility index (Phi) is 5.48. The summed E-state index contributed by atoms with van der Waals surface area (Å²) in [6.45, 7) is 0.157. The minimum absolute atomic E-state index is 0.0562. The maximum Gasteiger partial charge on any atom is 0.145 e. The van der Waals surface area contributed by atoms with Crippen LogP contribution in [0.5, 0.6) is 23.0 Å². The van der Waals surface area contributed by atoms with Gasteiger partial charge in [-0.25, -0.2) is 0 Å². The molecule has 1 aliphatic rings. The van der Waals surface area contributed by atoms with Gasteiger partial charge in [0.2, 0.25) is 0 Å². The number of methoxy groups -OCH3 is 3. The second-order valence-electron chi connectivity index (χ2n) is 5.62. The van der Waals surface area contributed by atoms with Crippen LogP contribution in [0.1, 0.15) is 11.7 Å². The summed E-state index contributed by atoms with van der Waals surface area (Å²) in [6, 6.07) is 9.22. The quantitative estimate of drug-likeness (QED) is 0.760. The molecule has 0 fully saturated rings. The molecule has 3 rings (SSSR count). The van der Waals surface area contributed by atoms with Crippen LogP contribution in [0.15, 0.2) is 35.3 Å². The summed E-state index contributed by atoms with van der Waals surface area (Å²) in [5.41, 5.74) is 0.876. The van der Waals surface area contributed by atoms with Crippen molar-refractivity contribution in [2.45, 2.75) is 6.17 Å². The molecule has 1 aliphatic heterocycles. The van der Waals surface area contributed by atoms with E-state index in [1.54, 1.807) is 27.4 Å². The second kappa shape index (κ2) is 7.97. The van der Waals surface area contributed by atoms with Gasteiger partial charge in [-0.2, -0.15) is 0 Å². The number of hydrogen-bond acceptors (Lipinski definition) is 7. The topological polar surface area (TPSA) is 81.5 Å². The first-order chi connectivity index (χ1) is 12.7. The third-order valence-electron chi connectivity index (χ3n) is 4.02. The predicted octanol–water partition coefficient (Wildman–Crippen LogP) is 0.743. The molecular formula is C19H22N2O5. The van der Waals surface area contributed by atoms with Crippen LogP contribution in [0.4, 0.5) is 0 Å². The lowest BCUT2D eigenvalue weighted by molar-refractivity contribution is 0.200. The Balaban J connectivity index is 2.03. The van der Waals surface area contributed by atoms with E-state index < -0.39 is 0 Å². The minimum atomic E-state index is -0.314. The molecule has 0 amide bonds. The molecule has 0 saturated heterocycles. The fraction of sp³-hybridized carbons (Fsp3) is 0.316. The Labute approximate surface area is 151 Å². The highest BCUT2D eigenvalue weighted by Crippen LogP contribution is 2.27. The Morgan fingerprint density at radius 3 is 2.38 bits per heavy atom. The van der Waals surface area contributed by atoms with Crippen molar-refractivity contribution in [3.05, 3.63) is 46.5 Å². The molecule has 1 atom stereocenters. The zero-order valence-electron chi connectivity index (χ0n) is 15.0. The average molecular weight is 358 g/mol. The van der Waals surface area contributed by atoms with Gasteiger partial charge in [0.15, 0.2) is 0 Å². The summed E-state index contributed by atoms with van der Waals surface area (Å²) >= 11 is 0. The fourth-order valence-corrected chi connectivity index (χ4v) is 2.75. The Morgan fingerprint density at radius 1 is 0.962 bits per heavy atom. The van der Waals surface area contributed by atoms with Gasteiger partial charge < -0.3 is 29.4 Å². The molecule has 7 nitrogen and oxygen atoms in total. The lowest BCUT2D eigenvalue weighted by Gasteiger charge is -2.19. The number of nitrogens with one attached hydrogen (secondary N) is 1. The molecule has 2 aromatic carbocycles. The van der Waals surface area contributed by atoms with E-state index in [1.165, 1.54) is 0 Å². The van der Waals surface area contributed by atoms with Gasteiger partial charge in [-0.3, -0.25) is 4.99 Å². The van der Waals surface area contributed by atoms with Gasteiger partial charge in [0.05, 0.1) is 38.5 Å². The van der Waals surface area contributed by atoms with E-state index in [0.717, 1.165) is 16.1 Å². The molecule has 138 valence electrons. The van der Waals surface area contributed by atoms with Crippen molar-refractivity contribution < 1.29 is 24.1 Å². The molecule has 0 saturated carbocycles. The van der Waals surface area contributed by atoms with Crippen LogP contribution in [0.25, 0.3) is 6.20 Å². The Morgan fingerprint density at radius 2 is 1.69 bits per heavy atom. The second-order valence-corrected chi connectivity index (χ2v) is 5.62. The third kappa shape index (κ3) is 3.67. The summed E-state index contributed by atoms with van der Waals surface area (Å²) < 4.78 is 21.6. The van der Waals surface area contributed by atoms with Gasteiger partial charge >= 0.3 is 0 Å². The molecular weight excluding hydrogens is 336 g/mol. The highest BCUT2D eigenvalue weighted by Gasteiger charge is 2.16. The van der Waals surface area contributed by atoms with E-state index in [2.05, 4.69) is 5.32 Å². The highest BCUT2D eigenvalue weighted by molar-refractivity contribution is 5.44. The van der Waals surface area contributed by atoms with Crippen LogP contribution >= 0.6 is 0 Å². The zero-order chi connectivity index (χ0) is 18.5. The number of benzene rings is 2. The minimum Gasteiger partial charge on any atom is -0.497 e. The van der Waals surface area contributed by atoms with Gasteiger partial charge in [-0.1, -0.05) is 0 Å². The lowest BCUT2D eigenvalue weighted by atomic mass is 10.1. The molecule has 1 unspecified atom stereocenters. The van der Waals surface area contributed by atoms with E-state index >= 15 is 0 Å². The van der Waals surface area contributed by atoms with Crippen molar-refractivity contribution in [3.63, 3.8) is 0 Å². The first-order valence-electron chi connectivity index (χ1n) is 8.17. The van der Waals surface area contributed by atoms with Crippen LogP contribution in [-0.2, 0) is 0 Å². The summed E-state index contributed by atoms with van der Waals surface area (Å²) in [4.78, 5) is 4.77. The molecule has 26 heavy (non-hydrogen) atoms. The van der Waals surface area contributed by atoms with Gasteiger partial charge in [0, 0.05) is 30.0 Å². The van der Waals surface area contributed by atoms with Crippen molar-refractivity contribution in [1.29, 1.82) is 0 Å². The number of aliphatic hydroxyl groups excluding tert-OH is 1. The van der Waals surface area contributed by atoms with E-state index in [9.17, 15) is 0 Å². The van der Waals surface area contributed by atoms with Gasteiger partial charge in [-0.15, -0.1) is 0 Å². The summed E-state index contributed by atoms with van der Waals surface area (Å²) in [5, 5.41) is 13.9. The standard InChI is InChI=1S/C19H22N2O5/c1-23-13-6-12(7-15(8-13)26-5-4-22)19-20-11-16-17(21-19)9-14(24-2)10-18(16)25-3/h6-11,19-20,22H,4-5H2,1-3H3. The van der Waals surface area contributed by atoms with Crippen LogP contribution < -0.4 is 34.8 Å². The normalized spacial score (nSPS) is 15.0. The average Bonchev–Trinajstić information content (AvgIpc) is 2.70. The molecule has 0 spiro atoms. The van der Waals surface area contributed by atoms with Crippen LogP contribution in [0.2, 0.25) is 0 Å². The number of hydrogen-bond donors (Lipinski definition) is 2. The zero-order valence-corrected chi connectivity index (χ0v) is 15.0. The van der Waals surface area contributed by atoms with Gasteiger partial charge in [-0.05, 0) is 12.1 Å². The fourth-order valence-electron chi connectivity index (χ4n) is 2.75. The molecule has 7 heteroatoms. The molecule has 0 radical (unpaired) electrons. The van der Waals surface area contributed by atoms with Crippen LogP contribution in [-0.4, -0.2) is 39.6 Å². The SMILES string of the molecule is COc1cc(OCCO)cc(C2N=c3cc(OC)cc(OC)c3=CN2)c1.